The molecule has 0 radical (unpaired) electrons. The normalized spacial score (nSPS) is 12.3. The summed E-state index contributed by atoms with van der Waals surface area (Å²) in [6, 6.07) is 0. The first-order valence-corrected chi connectivity index (χ1v) is 3.18. The number of halogens is 1. The van der Waals surface area contributed by atoms with E-state index in [0.717, 1.165) is 0 Å². The van der Waals surface area contributed by atoms with Gasteiger partial charge in [-0.05, 0) is 6.92 Å². The topological polar surface area (TPSA) is 49.4 Å². The molecule has 0 spiro atoms. The van der Waals surface area contributed by atoms with E-state index in [2.05, 4.69) is 4.74 Å². The van der Waals surface area contributed by atoms with Crippen molar-refractivity contribution >= 4 is 17.6 Å². The Kier molecular flexibility index (Phi) is 3.88. The zero-order chi connectivity index (χ0) is 8.15. The fourth-order valence-electron chi connectivity index (χ4n) is 0.338. The Bertz CT molecular complexity index is 158. The lowest BCUT2D eigenvalue weighted by atomic mass is 10.5. The molecule has 10 heavy (non-hydrogen) atoms. The van der Waals surface area contributed by atoms with Crippen molar-refractivity contribution in [1.29, 1.82) is 0 Å². The number of esters is 1. The highest BCUT2D eigenvalue weighted by Crippen LogP contribution is 2.05. The van der Waals surface area contributed by atoms with Crippen molar-refractivity contribution in [1.82, 2.24) is 0 Å². The maximum Gasteiger partial charge on any atom is 0.348 e. The first-order chi connectivity index (χ1) is 4.59. The largest absolute Gasteiger partial charge is 0.874 e. The lowest BCUT2D eigenvalue weighted by Crippen LogP contribution is -2.10. The molecule has 0 aromatic heterocycles. The second-order valence-electron chi connectivity index (χ2n) is 1.59. The molecule has 0 N–H and O–H groups in total. The lowest BCUT2D eigenvalue weighted by Gasteiger charge is -2.07. The Hall–Kier alpha value is -0.700. The van der Waals surface area contributed by atoms with Gasteiger partial charge in [-0.15, -0.1) is 5.76 Å². The number of carbonyl (C=O) groups is 1. The number of rotatable bonds is 2. The second kappa shape index (κ2) is 4.17. The quantitative estimate of drug-likeness (QED) is 0.336. The molecule has 3 nitrogen and oxygen atoms in total. The van der Waals surface area contributed by atoms with Gasteiger partial charge in [0.05, 0.1) is 6.61 Å². The lowest BCUT2D eigenvalue weighted by molar-refractivity contribution is -0.302. The van der Waals surface area contributed by atoms with E-state index in [1.807, 2.05) is 0 Å². The summed E-state index contributed by atoms with van der Waals surface area (Å²) in [5.41, 5.74) is 0. The van der Waals surface area contributed by atoms with Crippen molar-refractivity contribution in [3.05, 3.63) is 10.8 Å². The number of hydrogen-bond donors (Lipinski definition) is 0. The summed E-state index contributed by atoms with van der Waals surface area (Å²) < 4.78 is 4.44. The van der Waals surface area contributed by atoms with Crippen LogP contribution in [0.1, 0.15) is 13.8 Å². The maximum atomic E-state index is 10.6. The third kappa shape index (κ3) is 2.73. The molecule has 0 aliphatic rings. The van der Waals surface area contributed by atoms with Gasteiger partial charge in [0.25, 0.3) is 0 Å². The number of allylic oxidation sites excluding steroid dienone is 1. The highest BCUT2D eigenvalue weighted by Gasteiger charge is 2.05. The van der Waals surface area contributed by atoms with Gasteiger partial charge in [-0.1, -0.05) is 18.5 Å². The predicted octanol–water partition coefficient (Wildman–Crippen LogP) is 0.380. The van der Waals surface area contributed by atoms with E-state index in [4.69, 9.17) is 11.6 Å². The van der Waals surface area contributed by atoms with Crippen LogP contribution in [0.15, 0.2) is 10.8 Å². The molecule has 58 valence electrons. The van der Waals surface area contributed by atoms with E-state index in [0.29, 0.717) is 0 Å². The highest BCUT2D eigenvalue weighted by atomic mass is 35.5. The summed E-state index contributed by atoms with van der Waals surface area (Å²) in [4.78, 5) is 10.6. The summed E-state index contributed by atoms with van der Waals surface area (Å²) in [6.45, 7) is 3.07. The SMILES string of the molecule is CCOC(=O)/C(Cl)=C(/C)[O-]. The van der Waals surface area contributed by atoms with Gasteiger partial charge in [-0.3, -0.25) is 0 Å². The van der Waals surface area contributed by atoms with Crippen molar-refractivity contribution in [3.8, 4) is 0 Å². The predicted molar refractivity (Wildman–Crippen MR) is 35.2 cm³/mol. The van der Waals surface area contributed by atoms with Crippen LogP contribution in [0.2, 0.25) is 0 Å². The number of hydrogen-bond acceptors (Lipinski definition) is 3. The number of carbonyl (C=O) groups excluding carboxylic acids is 1. The van der Waals surface area contributed by atoms with Crippen LogP contribution in [0.25, 0.3) is 0 Å². The van der Waals surface area contributed by atoms with Crippen LogP contribution in [0.3, 0.4) is 0 Å². The first kappa shape index (κ1) is 9.30. The van der Waals surface area contributed by atoms with Crippen molar-refractivity contribution in [3.63, 3.8) is 0 Å². The van der Waals surface area contributed by atoms with Crippen LogP contribution in [0, 0.1) is 0 Å². The van der Waals surface area contributed by atoms with E-state index >= 15 is 0 Å². The van der Waals surface area contributed by atoms with Gasteiger partial charge in [-0.25, -0.2) is 4.79 Å². The average molecular weight is 164 g/mol. The molecule has 0 aliphatic carbocycles. The summed E-state index contributed by atoms with van der Waals surface area (Å²) >= 11 is 5.24. The Morgan fingerprint density at radius 1 is 1.70 bits per heavy atom. The Morgan fingerprint density at radius 2 is 2.20 bits per heavy atom. The van der Waals surface area contributed by atoms with Gasteiger partial charge in [0.15, 0.2) is 0 Å². The summed E-state index contributed by atoms with van der Waals surface area (Å²) in [7, 11) is 0. The van der Waals surface area contributed by atoms with E-state index in [1.54, 1.807) is 6.92 Å². The van der Waals surface area contributed by atoms with E-state index in [1.165, 1.54) is 6.92 Å². The zero-order valence-electron chi connectivity index (χ0n) is 5.81. The van der Waals surface area contributed by atoms with Crippen LogP contribution in [-0.4, -0.2) is 12.6 Å². The molecule has 0 bridgehead atoms. The van der Waals surface area contributed by atoms with Crippen LogP contribution in [-0.2, 0) is 9.53 Å². The Morgan fingerprint density at radius 3 is 2.50 bits per heavy atom. The number of ether oxygens (including phenoxy) is 1. The van der Waals surface area contributed by atoms with Crippen LogP contribution in [0.5, 0.6) is 0 Å². The molecule has 0 heterocycles. The Labute approximate surface area is 64.2 Å². The molecule has 0 atom stereocenters. The van der Waals surface area contributed by atoms with Gasteiger partial charge in [0.2, 0.25) is 0 Å². The van der Waals surface area contributed by atoms with E-state index in [9.17, 15) is 9.90 Å². The van der Waals surface area contributed by atoms with Crippen molar-refractivity contribution in [2.45, 2.75) is 13.8 Å². The minimum absolute atomic E-state index is 0.225. The molecule has 0 aliphatic heterocycles. The van der Waals surface area contributed by atoms with E-state index in [-0.39, 0.29) is 11.6 Å². The summed E-state index contributed by atoms with van der Waals surface area (Å²) in [6.07, 6.45) is 0. The minimum atomic E-state index is -0.753. The molecule has 0 fully saturated rings. The molecule has 0 amide bonds. The standard InChI is InChI=1S/C6H9ClO3/c1-3-10-6(9)5(7)4(2)8/h8H,3H2,1-2H3/p-1/b5-4+. The van der Waals surface area contributed by atoms with Crippen molar-refractivity contribution in [2.75, 3.05) is 6.61 Å². The summed E-state index contributed by atoms with van der Waals surface area (Å²) in [5, 5.41) is 10.0. The second-order valence-corrected chi connectivity index (χ2v) is 1.97. The fraction of sp³-hybridized carbons (Fsp3) is 0.500. The molecule has 0 saturated carbocycles. The molecule has 0 aromatic rings. The van der Waals surface area contributed by atoms with E-state index < -0.39 is 11.7 Å². The van der Waals surface area contributed by atoms with Gasteiger partial charge < -0.3 is 9.84 Å². The first-order valence-electron chi connectivity index (χ1n) is 2.80. The minimum Gasteiger partial charge on any atom is -0.874 e. The monoisotopic (exact) mass is 163 g/mol. The molecule has 0 saturated heterocycles. The van der Waals surface area contributed by atoms with Crippen molar-refractivity contribution < 1.29 is 14.6 Å². The van der Waals surface area contributed by atoms with Gasteiger partial charge >= 0.3 is 5.97 Å². The maximum absolute atomic E-state index is 10.6. The molecule has 0 rings (SSSR count). The molecule has 0 aromatic carbocycles. The molecule has 4 heteroatoms. The van der Waals surface area contributed by atoms with Crippen LogP contribution in [0.4, 0.5) is 0 Å². The van der Waals surface area contributed by atoms with Gasteiger partial charge in [0.1, 0.15) is 5.03 Å². The Balaban J connectivity index is 4.09. The van der Waals surface area contributed by atoms with Gasteiger partial charge in [-0.2, -0.15) is 0 Å². The smallest absolute Gasteiger partial charge is 0.348 e. The third-order valence-electron chi connectivity index (χ3n) is 0.764. The molecular formula is C6H8ClO3-. The van der Waals surface area contributed by atoms with Crippen LogP contribution < -0.4 is 5.11 Å². The van der Waals surface area contributed by atoms with Crippen LogP contribution >= 0.6 is 11.6 Å². The molecule has 0 unspecified atom stereocenters. The third-order valence-corrected chi connectivity index (χ3v) is 1.18. The van der Waals surface area contributed by atoms with Gasteiger partial charge in [0, 0.05) is 0 Å². The fourth-order valence-corrected chi connectivity index (χ4v) is 0.393. The molecular weight excluding hydrogens is 156 g/mol. The average Bonchev–Trinajstić information content (AvgIpc) is 1.87. The highest BCUT2D eigenvalue weighted by molar-refractivity contribution is 6.41. The summed E-state index contributed by atoms with van der Waals surface area (Å²) in [5.74, 6) is -1.23. The van der Waals surface area contributed by atoms with Crippen molar-refractivity contribution in [2.24, 2.45) is 0 Å². The zero-order valence-corrected chi connectivity index (χ0v) is 6.57.